The first-order valence-corrected chi connectivity index (χ1v) is 13.0. The first-order valence-electron chi connectivity index (χ1n) is 13.0. The van der Waals surface area contributed by atoms with Gasteiger partial charge in [-0.3, -0.25) is 0 Å². The predicted octanol–water partition coefficient (Wildman–Crippen LogP) is 6.80. The van der Waals surface area contributed by atoms with E-state index in [1.54, 1.807) is 0 Å². The summed E-state index contributed by atoms with van der Waals surface area (Å²) >= 11 is 0. The number of para-hydroxylation sites is 1. The largest absolute Gasteiger partial charge is 0.509 e. The molecule has 8 nitrogen and oxygen atoms in total. The minimum Gasteiger partial charge on any atom is -0.427 e. The Balaban J connectivity index is 0.00000222. The molecule has 0 aliphatic rings. The summed E-state index contributed by atoms with van der Waals surface area (Å²) in [6.07, 6.45) is 5.62. The zero-order chi connectivity index (χ0) is 26.7. The second-order valence-corrected chi connectivity index (χ2v) is 8.86. The number of anilines is 1. The third kappa shape index (κ3) is 7.43. The lowest BCUT2D eigenvalue weighted by Gasteiger charge is -2.27. The van der Waals surface area contributed by atoms with Crippen LogP contribution in [0.1, 0.15) is 73.6 Å². The zero-order valence-corrected chi connectivity index (χ0v) is 22.8. The normalized spacial score (nSPS) is 12.5. The molecule has 0 fully saturated rings. The van der Waals surface area contributed by atoms with E-state index < -0.39 is 11.8 Å². The molecule has 1 atom stereocenters. The van der Waals surface area contributed by atoms with E-state index in [9.17, 15) is 4.79 Å². The van der Waals surface area contributed by atoms with Gasteiger partial charge < -0.3 is 24.5 Å². The summed E-state index contributed by atoms with van der Waals surface area (Å²) in [7, 11) is 0. The number of fused-ring (bicyclic) bond motifs is 3. The van der Waals surface area contributed by atoms with Crippen molar-refractivity contribution in [2.45, 2.75) is 92.6 Å². The number of hydrogen-bond donors (Lipinski definition) is 1. The number of carbonyl (C=O) groups is 1. The Labute approximate surface area is 214 Å². The Hall–Kier alpha value is -3.13. The number of carbonyl (C=O) groups excluding carboxylic acids is 1. The molecular formula is C28H42N4O4. The average molecular weight is 499 g/mol. The summed E-state index contributed by atoms with van der Waals surface area (Å²) in [5, 5.41) is 0.924. The van der Waals surface area contributed by atoms with Gasteiger partial charge in [0.1, 0.15) is 29.7 Å². The molecule has 1 unspecified atom stereocenters. The molecule has 0 radical (unpaired) electrons. The quantitative estimate of drug-likeness (QED) is 0.229. The summed E-state index contributed by atoms with van der Waals surface area (Å²) in [6, 6.07) is 7.78. The molecule has 198 valence electrons. The van der Waals surface area contributed by atoms with E-state index in [0.29, 0.717) is 43.3 Å². The van der Waals surface area contributed by atoms with Crippen LogP contribution >= 0.6 is 0 Å². The first kappa shape index (κ1) is 29.1. The van der Waals surface area contributed by atoms with E-state index in [1.165, 1.54) is 0 Å². The van der Waals surface area contributed by atoms with Crippen LogP contribution in [0.5, 0.6) is 0 Å². The molecule has 0 amide bonds. The molecule has 0 saturated carbocycles. The smallest absolute Gasteiger partial charge is 0.427 e. The van der Waals surface area contributed by atoms with E-state index in [1.807, 2.05) is 82.5 Å². The van der Waals surface area contributed by atoms with Crippen molar-refractivity contribution in [1.82, 2.24) is 14.5 Å². The van der Waals surface area contributed by atoms with E-state index >= 15 is 0 Å². The number of nitrogens with two attached hydrogens (primary N) is 1. The fourth-order valence-corrected chi connectivity index (χ4v) is 3.84. The van der Waals surface area contributed by atoms with Crippen LogP contribution in [0.3, 0.4) is 0 Å². The van der Waals surface area contributed by atoms with Gasteiger partial charge in [-0.25, -0.2) is 14.8 Å². The number of allylic oxidation sites excluding steroid dienone is 1. The number of ether oxygens (including phenoxy) is 3. The SMILES string of the molecule is CC.CCC/C=C/C(CC)OC(=O)OC(C)(C)Cn1c(COCC)nc2c(N)nc3ccccc3c21. The minimum atomic E-state index is -0.879. The van der Waals surface area contributed by atoms with Crippen molar-refractivity contribution in [3.8, 4) is 0 Å². The molecule has 0 aliphatic carbocycles. The van der Waals surface area contributed by atoms with Crippen LogP contribution in [0.4, 0.5) is 10.6 Å². The van der Waals surface area contributed by atoms with Crippen LogP contribution < -0.4 is 5.73 Å². The van der Waals surface area contributed by atoms with Crippen LogP contribution in [0.2, 0.25) is 0 Å². The molecule has 3 aromatic rings. The van der Waals surface area contributed by atoms with Crippen molar-refractivity contribution in [3.05, 3.63) is 42.2 Å². The number of benzene rings is 1. The number of nitrogen functional groups attached to an aromatic ring is 1. The molecule has 0 spiro atoms. The third-order valence-electron chi connectivity index (χ3n) is 5.48. The number of nitrogens with zero attached hydrogens (tertiary/aromatic N) is 3. The standard InChI is InChI=1S/C26H36N4O4.C2H6/c1-6-9-10-13-18(7-2)33-25(31)34-26(4,5)17-30-21(16-32-8-3)29-22-23(30)19-14-11-12-15-20(19)28-24(22)27;1-2/h10-15,18H,6-9,16-17H2,1-5H3,(H2,27,28);1-2H3/b13-10+;. The van der Waals surface area contributed by atoms with Crippen molar-refractivity contribution in [3.63, 3.8) is 0 Å². The fraction of sp³-hybridized carbons (Fsp3) is 0.536. The molecule has 2 aromatic heterocycles. The Morgan fingerprint density at radius 1 is 1.17 bits per heavy atom. The molecule has 0 saturated heterocycles. The highest BCUT2D eigenvalue weighted by Crippen LogP contribution is 2.31. The predicted molar refractivity (Wildman–Crippen MR) is 146 cm³/mol. The molecule has 2 heterocycles. The van der Waals surface area contributed by atoms with E-state index in [-0.39, 0.29) is 6.10 Å². The highest BCUT2D eigenvalue weighted by molar-refractivity contribution is 6.06. The summed E-state index contributed by atoms with van der Waals surface area (Å²) in [5.41, 5.74) is 7.61. The van der Waals surface area contributed by atoms with Crippen molar-refractivity contribution in [1.29, 1.82) is 0 Å². The number of aromatic nitrogens is 3. The van der Waals surface area contributed by atoms with Gasteiger partial charge in [-0.1, -0.05) is 58.4 Å². The van der Waals surface area contributed by atoms with Crippen LogP contribution in [0.15, 0.2) is 36.4 Å². The number of rotatable bonds is 11. The van der Waals surface area contributed by atoms with E-state index in [2.05, 4.69) is 11.9 Å². The molecule has 1 aromatic carbocycles. The van der Waals surface area contributed by atoms with Crippen molar-refractivity contribution in [2.24, 2.45) is 0 Å². The molecule has 36 heavy (non-hydrogen) atoms. The lowest BCUT2D eigenvalue weighted by Crippen LogP contribution is -2.35. The molecule has 2 N–H and O–H groups in total. The van der Waals surface area contributed by atoms with Crippen LogP contribution in [-0.2, 0) is 27.4 Å². The number of imidazole rings is 1. The maximum Gasteiger partial charge on any atom is 0.509 e. The van der Waals surface area contributed by atoms with Crippen LogP contribution in [0, 0.1) is 0 Å². The summed E-state index contributed by atoms with van der Waals surface area (Å²) in [6.45, 7) is 14.9. The molecule has 0 bridgehead atoms. The van der Waals surface area contributed by atoms with Crippen molar-refractivity contribution < 1.29 is 19.0 Å². The maximum absolute atomic E-state index is 12.6. The van der Waals surface area contributed by atoms with Crippen LogP contribution in [0.25, 0.3) is 21.9 Å². The highest BCUT2D eigenvalue weighted by Gasteiger charge is 2.29. The van der Waals surface area contributed by atoms with Crippen molar-refractivity contribution >= 4 is 33.9 Å². The molecule has 0 aliphatic heterocycles. The topological polar surface area (TPSA) is 101 Å². The minimum absolute atomic E-state index is 0.305. The second kappa shape index (κ2) is 13.8. The highest BCUT2D eigenvalue weighted by atomic mass is 16.7. The van der Waals surface area contributed by atoms with Gasteiger partial charge in [-0.15, -0.1) is 0 Å². The van der Waals surface area contributed by atoms with Gasteiger partial charge in [0.2, 0.25) is 0 Å². The Morgan fingerprint density at radius 3 is 2.56 bits per heavy atom. The van der Waals surface area contributed by atoms with E-state index in [4.69, 9.17) is 24.9 Å². The third-order valence-corrected chi connectivity index (χ3v) is 5.48. The number of unbranched alkanes of at least 4 members (excludes halogenated alkanes) is 1. The van der Waals surface area contributed by atoms with Gasteiger partial charge in [0.15, 0.2) is 5.82 Å². The Kier molecular flexibility index (Phi) is 11.2. The molecular weight excluding hydrogens is 456 g/mol. The lowest BCUT2D eigenvalue weighted by atomic mass is 10.1. The second-order valence-electron chi connectivity index (χ2n) is 8.86. The van der Waals surface area contributed by atoms with Gasteiger partial charge in [0, 0.05) is 12.0 Å². The van der Waals surface area contributed by atoms with Gasteiger partial charge in [0.25, 0.3) is 0 Å². The van der Waals surface area contributed by atoms with Crippen LogP contribution in [-0.4, -0.2) is 39.0 Å². The number of pyridine rings is 1. The van der Waals surface area contributed by atoms with Gasteiger partial charge in [0.05, 0.1) is 17.6 Å². The van der Waals surface area contributed by atoms with Gasteiger partial charge in [-0.05, 0) is 45.8 Å². The summed E-state index contributed by atoms with van der Waals surface area (Å²) in [4.78, 5) is 21.9. The summed E-state index contributed by atoms with van der Waals surface area (Å²) < 4.78 is 19.0. The number of hydrogen-bond acceptors (Lipinski definition) is 7. The van der Waals surface area contributed by atoms with Crippen molar-refractivity contribution in [2.75, 3.05) is 12.3 Å². The Morgan fingerprint density at radius 2 is 1.89 bits per heavy atom. The fourth-order valence-electron chi connectivity index (χ4n) is 3.84. The first-order chi connectivity index (χ1) is 17.3. The molecule has 8 heteroatoms. The van der Waals surface area contributed by atoms with Gasteiger partial charge in [-0.2, -0.15) is 0 Å². The Bertz CT molecular complexity index is 1150. The maximum atomic E-state index is 12.6. The monoisotopic (exact) mass is 498 g/mol. The summed E-state index contributed by atoms with van der Waals surface area (Å²) in [5.74, 6) is 1.05. The lowest BCUT2D eigenvalue weighted by molar-refractivity contribution is -0.0345. The zero-order valence-electron chi connectivity index (χ0n) is 22.8. The van der Waals surface area contributed by atoms with E-state index in [0.717, 1.165) is 29.3 Å². The molecule has 3 rings (SSSR count). The van der Waals surface area contributed by atoms with Gasteiger partial charge >= 0.3 is 6.16 Å². The average Bonchev–Trinajstić information content (AvgIpc) is 3.21.